The lowest BCUT2D eigenvalue weighted by Crippen LogP contribution is -1.97. The van der Waals surface area contributed by atoms with Gasteiger partial charge < -0.3 is 9.15 Å². The number of rotatable bonds is 2. The zero-order valence-corrected chi connectivity index (χ0v) is 21.5. The minimum absolute atomic E-state index is 0.908. The van der Waals surface area contributed by atoms with E-state index in [4.69, 9.17) is 9.15 Å². The molecule has 0 atom stereocenters. The van der Waals surface area contributed by atoms with Crippen LogP contribution in [0.15, 0.2) is 138 Å². The first-order valence-corrected chi connectivity index (χ1v) is 13.6. The molecule has 8 aromatic rings. The Morgan fingerprint density at radius 1 is 0.400 bits per heavy atom. The molecule has 0 spiro atoms. The summed E-state index contributed by atoms with van der Waals surface area (Å²) in [7, 11) is 0. The average molecular weight is 511 g/mol. The van der Waals surface area contributed by atoms with Crippen LogP contribution in [0.3, 0.4) is 0 Å². The highest BCUT2D eigenvalue weighted by molar-refractivity contribution is 6.19. The summed E-state index contributed by atoms with van der Waals surface area (Å²) in [5.74, 6) is 1.82. The second-order valence-electron chi connectivity index (χ2n) is 10.5. The van der Waals surface area contributed by atoms with E-state index < -0.39 is 0 Å². The highest BCUT2D eigenvalue weighted by atomic mass is 16.5. The highest BCUT2D eigenvalue weighted by Gasteiger charge is 2.21. The molecule has 1 aliphatic rings. The van der Waals surface area contributed by atoms with Gasteiger partial charge in [0.2, 0.25) is 0 Å². The second-order valence-corrected chi connectivity index (χ2v) is 10.5. The van der Waals surface area contributed by atoms with Gasteiger partial charge >= 0.3 is 0 Å². The van der Waals surface area contributed by atoms with E-state index in [9.17, 15) is 0 Å². The van der Waals surface area contributed by atoms with Gasteiger partial charge in [0.1, 0.15) is 22.7 Å². The molecule has 0 aliphatic carbocycles. The summed E-state index contributed by atoms with van der Waals surface area (Å²) < 4.78 is 12.8. The van der Waals surface area contributed by atoms with Crippen molar-refractivity contribution in [1.82, 2.24) is 0 Å². The Hall–Kier alpha value is -5.34. The van der Waals surface area contributed by atoms with E-state index in [1.165, 1.54) is 44.0 Å². The first kappa shape index (κ1) is 21.6. The maximum absolute atomic E-state index is 6.46. The van der Waals surface area contributed by atoms with Crippen LogP contribution >= 0.6 is 0 Å². The Morgan fingerprint density at radius 2 is 1.15 bits per heavy atom. The summed E-state index contributed by atoms with van der Waals surface area (Å²) in [5.41, 5.74) is 8.92. The number of benzene rings is 7. The van der Waals surface area contributed by atoms with Crippen molar-refractivity contribution < 1.29 is 9.15 Å². The molecule has 0 saturated heterocycles. The number of fused-ring (bicyclic) bond motifs is 7. The van der Waals surface area contributed by atoms with Crippen molar-refractivity contribution in [3.63, 3.8) is 0 Å². The summed E-state index contributed by atoms with van der Waals surface area (Å²) in [6, 6.07) is 47.1. The molecule has 0 radical (unpaired) electrons. The zero-order valence-electron chi connectivity index (χ0n) is 21.5. The molecule has 1 aromatic heterocycles. The molecular formula is C38H22O2. The zero-order chi connectivity index (χ0) is 26.2. The van der Waals surface area contributed by atoms with Crippen LogP contribution in [0.25, 0.3) is 76.9 Å². The third kappa shape index (κ3) is 2.99. The van der Waals surface area contributed by atoms with E-state index in [0.717, 1.165) is 44.4 Å². The van der Waals surface area contributed by atoms with Gasteiger partial charge in [-0.2, -0.15) is 0 Å². The maximum atomic E-state index is 6.46. The average Bonchev–Trinajstić information content (AvgIpc) is 3.41. The van der Waals surface area contributed by atoms with Gasteiger partial charge in [-0.3, -0.25) is 0 Å². The first-order valence-electron chi connectivity index (χ1n) is 13.6. The lowest BCUT2D eigenvalue weighted by atomic mass is 9.89. The summed E-state index contributed by atoms with van der Waals surface area (Å²) in [4.78, 5) is 0. The van der Waals surface area contributed by atoms with Crippen molar-refractivity contribution in [2.45, 2.75) is 0 Å². The Kier molecular flexibility index (Phi) is 4.36. The fourth-order valence-electron chi connectivity index (χ4n) is 6.48. The van der Waals surface area contributed by atoms with Crippen LogP contribution in [0.4, 0.5) is 0 Å². The van der Waals surface area contributed by atoms with E-state index in [1.807, 2.05) is 12.1 Å². The van der Waals surface area contributed by atoms with Crippen molar-refractivity contribution in [3.8, 4) is 44.9 Å². The highest BCUT2D eigenvalue weighted by Crippen LogP contribution is 2.49. The predicted octanol–water partition coefficient (Wildman–Crippen LogP) is 11.0. The number of hydrogen-bond acceptors (Lipinski definition) is 2. The Labute approximate surface area is 230 Å². The van der Waals surface area contributed by atoms with Crippen LogP contribution in [0.5, 0.6) is 11.5 Å². The largest absolute Gasteiger partial charge is 0.456 e. The van der Waals surface area contributed by atoms with Crippen molar-refractivity contribution in [2.24, 2.45) is 0 Å². The van der Waals surface area contributed by atoms with E-state index >= 15 is 0 Å². The Balaban J connectivity index is 1.26. The molecular weight excluding hydrogens is 488 g/mol. The molecule has 0 bridgehead atoms. The lowest BCUT2D eigenvalue weighted by molar-refractivity contribution is 0.487. The SMILES string of the molecule is c1cc(-c2ccc3c4c(cccc24)-c2ccccc2O3)cc(-c2cccc3oc4c5ccccc5ccc4c23)c1. The molecule has 0 fully saturated rings. The van der Waals surface area contributed by atoms with E-state index in [2.05, 4.69) is 121 Å². The summed E-state index contributed by atoms with van der Waals surface area (Å²) >= 11 is 0. The number of para-hydroxylation sites is 1. The quantitative estimate of drug-likeness (QED) is 0.231. The number of furan rings is 1. The van der Waals surface area contributed by atoms with E-state index in [0.29, 0.717) is 0 Å². The minimum atomic E-state index is 0.908. The van der Waals surface area contributed by atoms with Crippen molar-refractivity contribution in [1.29, 1.82) is 0 Å². The van der Waals surface area contributed by atoms with Gasteiger partial charge in [0.25, 0.3) is 0 Å². The van der Waals surface area contributed by atoms with Gasteiger partial charge in [0.15, 0.2) is 0 Å². The monoisotopic (exact) mass is 510 g/mol. The van der Waals surface area contributed by atoms with E-state index in [-0.39, 0.29) is 0 Å². The van der Waals surface area contributed by atoms with Crippen molar-refractivity contribution in [3.05, 3.63) is 133 Å². The van der Waals surface area contributed by atoms with Gasteiger partial charge in [0.05, 0.1) is 0 Å². The van der Waals surface area contributed by atoms with Crippen LogP contribution < -0.4 is 4.74 Å². The molecule has 2 heterocycles. The number of hydrogen-bond donors (Lipinski definition) is 0. The van der Waals surface area contributed by atoms with Gasteiger partial charge in [-0.05, 0) is 68.9 Å². The molecule has 7 aromatic carbocycles. The Morgan fingerprint density at radius 3 is 2.12 bits per heavy atom. The fraction of sp³-hybridized carbons (Fsp3) is 0. The van der Waals surface area contributed by atoms with Crippen molar-refractivity contribution >= 4 is 43.5 Å². The molecule has 2 nitrogen and oxygen atoms in total. The molecule has 9 rings (SSSR count). The Bertz CT molecular complexity index is 2300. The van der Waals surface area contributed by atoms with Gasteiger partial charge in [0, 0.05) is 27.1 Å². The van der Waals surface area contributed by atoms with E-state index in [1.54, 1.807) is 0 Å². The first-order chi connectivity index (χ1) is 19.8. The van der Waals surface area contributed by atoms with Crippen LogP contribution in [0.1, 0.15) is 0 Å². The van der Waals surface area contributed by atoms with Gasteiger partial charge in [-0.25, -0.2) is 0 Å². The van der Waals surface area contributed by atoms with Crippen LogP contribution in [0, 0.1) is 0 Å². The molecule has 1 aliphatic heterocycles. The molecule has 0 amide bonds. The summed E-state index contributed by atoms with van der Waals surface area (Å²) in [6.07, 6.45) is 0. The predicted molar refractivity (Wildman–Crippen MR) is 165 cm³/mol. The lowest BCUT2D eigenvalue weighted by Gasteiger charge is -2.22. The third-order valence-electron chi connectivity index (χ3n) is 8.27. The van der Waals surface area contributed by atoms with Crippen LogP contribution in [-0.4, -0.2) is 0 Å². The molecule has 0 saturated carbocycles. The van der Waals surface area contributed by atoms with Crippen LogP contribution in [0.2, 0.25) is 0 Å². The fourth-order valence-corrected chi connectivity index (χ4v) is 6.48. The van der Waals surface area contributed by atoms with Gasteiger partial charge in [-0.15, -0.1) is 0 Å². The van der Waals surface area contributed by atoms with Crippen molar-refractivity contribution in [2.75, 3.05) is 0 Å². The van der Waals surface area contributed by atoms with Gasteiger partial charge in [-0.1, -0.05) is 103 Å². The maximum Gasteiger partial charge on any atom is 0.143 e. The summed E-state index contributed by atoms with van der Waals surface area (Å²) in [6.45, 7) is 0. The molecule has 0 unspecified atom stereocenters. The normalized spacial score (nSPS) is 12.2. The molecule has 0 N–H and O–H groups in total. The molecule has 186 valence electrons. The molecule has 2 heteroatoms. The molecule has 40 heavy (non-hydrogen) atoms. The topological polar surface area (TPSA) is 22.4 Å². The second kappa shape index (κ2) is 8.08. The number of ether oxygens (including phenoxy) is 1. The third-order valence-corrected chi connectivity index (χ3v) is 8.27. The standard InChI is InChI=1S/C38H22O2/c1-2-11-28-23(8-1)18-19-32-36-27(13-7-17-34(36)40-38(28)32)25-10-5-9-24(22-25)26-20-21-35-37-30(26)14-6-15-31(37)29-12-3-4-16-33(29)39-35/h1-22H. The smallest absolute Gasteiger partial charge is 0.143 e. The minimum Gasteiger partial charge on any atom is -0.456 e. The summed E-state index contributed by atoms with van der Waals surface area (Å²) in [5, 5.41) is 6.99. The van der Waals surface area contributed by atoms with Crippen LogP contribution in [-0.2, 0) is 0 Å².